The third-order valence-electron chi connectivity index (χ3n) is 2.26. The second kappa shape index (κ2) is 3.70. The average Bonchev–Trinajstić information content (AvgIpc) is 2.05. The zero-order valence-electron chi connectivity index (χ0n) is 8.39. The summed E-state index contributed by atoms with van der Waals surface area (Å²) in [5.41, 5.74) is 3.89. The normalized spacial score (nSPS) is 10.8. The summed E-state index contributed by atoms with van der Waals surface area (Å²) in [6.45, 7) is 8.65. The molecule has 0 aliphatic carbocycles. The minimum Gasteiger partial charge on any atom is -0.261 e. The van der Waals surface area contributed by atoms with E-state index in [2.05, 4.69) is 38.7 Å². The maximum atomic E-state index is 4.37. The van der Waals surface area contributed by atoms with Crippen molar-refractivity contribution in [3.63, 3.8) is 0 Å². The smallest absolute Gasteiger partial charge is 0.0404 e. The minimum absolute atomic E-state index is 0.586. The van der Waals surface area contributed by atoms with Crippen molar-refractivity contribution in [3.05, 3.63) is 29.1 Å². The molecule has 0 atom stereocenters. The van der Waals surface area contributed by atoms with Gasteiger partial charge in [-0.3, -0.25) is 4.98 Å². The molecule has 0 saturated heterocycles. The predicted octanol–water partition coefficient (Wildman–Crippen LogP) is 3.08. The second-order valence-electron chi connectivity index (χ2n) is 3.52. The van der Waals surface area contributed by atoms with Gasteiger partial charge < -0.3 is 0 Å². The van der Waals surface area contributed by atoms with Gasteiger partial charge in [0.25, 0.3) is 0 Å². The number of aromatic nitrogens is 1. The Morgan fingerprint density at radius 3 is 2.58 bits per heavy atom. The Kier molecular flexibility index (Phi) is 2.85. The highest BCUT2D eigenvalue weighted by molar-refractivity contribution is 5.26. The van der Waals surface area contributed by atoms with Crippen molar-refractivity contribution in [3.8, 4) is 0 Å². The molecule has 0 bridgehead atoms. The molecule has 0 spiro atoms. The lowest BCUT2D eigenvalue weighted by Crippen LogP contribution is -1.95. The van der Waals surface area contributed by atoms with Gasteiger partial charge in [0.2, 0.25) is 0 Å². The summed E-state index contributed by atoms with van der Waals surface area (Å²) in [6, 6.07) is 2.27. The van der Waals surface area contributed by atoms with Crippen molar-refractivity contribution in [1.29, 1.82) is 0 Å². The van der Waals surface area contributed by atoms with Crippen molar-refractivity contribution in [2.45, 2.75) is 40.0 Å². The molecule has 0 N–H and O–H groups in total. The molecule has 12 heavy (non-hydrogen) atoms. The van der Waals surface area contributed by atoms with E-state index in [-0.39, 0.29) is 0 Å². The number of pyridine rings is 1. The maximum absolute atomic E-state index is 4.37. The van der Waals surface area contributed by atoms with Gasteiger partial charge in [0.15, 0.2) is 0 Å². The van der Waals surface area contributed by atoms with Crippen LogP contribution in [0.4, 0.5) is 0 Å². The molecule has 0 unspecified atom stereocenters. The number of rotatable bonds is 2. The summed E-state index contributed by atoms with van der Waals surface area (Å²) >= 11 is 0. The first-order valence-corrected chi connectivity index (χ1v) is 4.60. The molecular weight excluding hydrogens is 146 g/mol. The monoisotopic (exact) mass is 163 g/mol. The Morgan fingerprint density at radius 1 is 1.42 bits per heavy atom. The molecule has 0 aliphatic heterocycles. The largest absolute Gasteiger partial charge is 0.261 e. The molecule has 1 heterocycles. The van der Waals surface area contributed by atoms with Crippen LogP contribution in [0.2, 0.25) is 0 Å². The van der Waals surface area contributed by atoms with Crippen LogP contribution in [0.5, 0.6) is 0 Å². The quantitative estimate of drug-likeness (QED) is 0.653. The average molecular weight is 163 g/mol. The lowest BCUT2D eigenvalue weighted by atomic mass is 10.0. The Morgan fingerprint density at radius 2 is 2.08 bits per heavy atom. The Balaban J connectivity index is 3.05. The van der Waals surface area contributed by atoms with Gasteiger partial charge in [0, 0.05) is 11.9 Å². The molecular formula is C11H17N. The first-order chi connectivity index (χ1) is 5.65. The summed E-state index contributed by atoms with van der Waals surface area (Å²) in [6.07, 6.45) is 3.07. The van der Waals surface area contributed by atoms with Crippen LogP contribution in [-0.2, 0) is 6.42 Å². The maximum Gasteiger partial charge on any atom is 0.0404 e. The molecule has 1 aromatic heterocycles. The zero-order chi connectivity index (χ0) is 9.14. The van der Waals surface area contributed by atoms with Crippen LogP contribution in [-0.4, -0.2) is 4.98 Å². The number of hydrogen-bond donors (Lipinski definition) is 0. The van der Waals surface area contributed by atoms with E-state index in [1.165, 1.54) is 16.8 Å². The van der Waals surface area contributed by atoms with E-state index < -0.39 is 0 Å². The summed E-state index contributed by atoms with van der Waals surface area (Å²) < 4.78 is 0. The number of nitrogens with zero attached hydrogens (tertiary/aromatic N) is 1. The van der Waals surface area contributed by atoms with E-state index in [4.69, 9.17) is 0 Å². The SMILES string of the molecule is CCc1cc(C(C)C)cnc1C. The second-order valence-corrected chi connectivity index (χ2v) is 3.52. The van der Waals surface area contributed by atoms with E-state index in [9.17, 15) is 0 Å². The fraction of sp³-hybridized carbons (Fsp3) is 0.545. The third-order valence-corrected chi connectivity index (χ3v) is 2.26. The molecule has 0 amide bonds. The van der Waals surface area contributed by atoms with Gasteiger partial charge in [-0.05, 0) is 30.4 Å². The lowest BCUT2D eigenvalue weighted by Gasteiger charge is -2.08. The van der Waals surface area contributed by atoms with Crippen LogP contribution < -0.4 is 0 Å². The van der Waals surface area contributed by atoms with Gasteiger partial charge >= 0.3 is 0 Å². The Hall–Kier alpha value is -0.850. The first-order valence-electron chi connectivity index (χ1n) is 4.60. The molecule has 1 heteroatoms. The van der Waals surface area contributed by atoms with Crippen LogP contribution in [0.25, 0.3) is 0 Å². The van der Waals surface area contributed by atoms with Gasteiger partial charge in [0.05, 0.1) is 0 Å². The van der Waals surface area contributed by atoms with Crippen molar-refractivity contribution in [1.82, 2.24) is 4.98 Å². The van der Waals surface area contributed by atoms with Gasteiger partial charge in [-0.15, -0.1) is 0 Å². The topological polar surface area (TPSA) is 12.9 Å². The Labute approximate surface area is 74.8 Å². The van der Waals surface area contributed by atoms with Gasteiger partial charge in [-0.1, -0.05) is 26.8 Å². The molecule has 0 radical (unpaired) electrons. The molecule has 1 rings (SSSR count). The van der Waals surface area contributed by atoms with Gasteiger partial charge in [-0.2, -0.15) is 0 Å². The lowest BCUT2D eigenvalue weighted by molar-refractivity contribution is 0.847. The van der Waals surface area contributed by atoms with Crippen LogP contribution in [0, 0.1) is 6.92 Å². The highest BCUT2D eigenvalue weighted by Crippen LogP contribution is 2.16. The van der Waals surface area contributed by atoms with Crippen molar-refractivity contribution < 1.29 is 0 Å². The van der Waals surface area contributed by atoms with Crippen molar-refractivity contribution in [2.24, 2.45) is 0 Å². The van der Waals surface area contributed by atoms with Gasteiger partial charge in [0.1, 0.15) is 0 Å². The first kappa shape index (κ1) is 9.24. The summed E-state index contributed by atoms with van der Waals surface area (Å²) in [5.74, 6) is 0.586. The molecule has 0 aliphatic rings. The van der Waals surface area contributed by atoms with E-state index in [0.717, 1.165) is 6.42 Å². The van der Waals surface area contributed by atoms with E-state index in [0.29, 0.717) is 5.92 Å². The fourth-order valence-electron chi connectivity index (χ4n) is 1.27. The number of hydrogen-bond acceptors (Lipinski definition) is 1. The van der Waals surface area contributed by atoms with E-state index >= 15 is 0 Å². The van der Waals surface area contributed by atoms with Crippen molar-refractivity contribution >= 4 is 0 Å². The van der Waals surface area contributed by atoms with Crippen LogP contribution >= 0.6 is 0 Å². The summed E-state index contributed by atoms with van der Waals surface area (Å²) in [7, 11) is 0. The number of aryl methyl sites for hydroxylation is 2. The standard InChI is InChI=1S/C11H17N/c1-5-10-6-11(8(2)3)7-12-9(10)4/h6-8H,5H2,1-4H3. The van der Waals surface area contributed by atoms with Gasteiger partial charge in [-0.25, -0.2) is 0 Å². The fourth-order valence-corrected chi connectivity index (χ4v) is 1.27. The predicted molar refractivity (Wildman–Crippen MR) is 52.4 cm³/mol. The van der Waals surface area contributed by atoms with Crippen LogP contribution in [0.3, 0.4) is 0 Å². The molecule has 1 aromatic rings. The minimum atomic E-state index is 0.586. The van der Waals surface area contributed by atoms with Crippen LogP contribution in [0.15, 0.2) is 12.3 Å². The molecule has 0 saturated carbocycles. The Bertz CT molecular complexity index is 264. The zero-order valence-corrected chi connectivity index (χ0v) is 8.39. The third kappa shape index (κ3) is 1.84. The van der Waals surface area contributed by atoms with E-state index in [1.807, 2.05) is 6.20 Å². The highest BCUT2D eigenvalue weighted by Gasteiger charge is 2.02. The summed E-state index contributed by atoms with van der Waals surface area (Å²) in [5, 5.41) is 0. The molecule has 1 nitrogen and oxygen atoms in total. The molecule has 66 valence electrons. The van der Waals surface area contributed by atoms with Crippen molar-refractivity contribution in [2.75, 3.05) is 0 Å². The van der Waals surface area contributed by atoms with Crippen LogP contribution in [0.1, 0.15) is 43.5 Å². The van der Waals surface area contributed by atoms with E-state index in [1.54, 1.807) is 0 Å². The highest BCUT2D eigenvalue weighted by atomic mass is 14.7. The molecule has 0 fully saturated rings. The summed E-state index contributed by atoms with van der Waals surface area (Å²) in [4.78, 5) is 4.37. The molecule has 0 aromatic carbocycles.